The summed E-state index contributed by atoms with van der Waals surface area (Å²) in [6.45, 7) is 18.0. The van der Waals surface area contributed by atoms with Crippen LogP contribution in [0.25, 0.3) is 0 Å². The summed E-state index contributed by atoms with van der Waals surface area (Å²) in [6.07, 6.45) is 1.02. The topological polar surface area (TPSA) is 126 Å². The van der Waals surface area contributed by atoms with Gasteiger partial charge in [-0.25, -0.2) is 18.0 Å². The number of fused-ring (bicyclic) bond motifs is 2. The summed E-state index contributed by atoms with van der Waals surface area (Å²) >= 11 is 0. The number of nitrogens with zero attached hydrogens (tertiary/aromatic N) is 2. The summed E-state index contributed by atoms with van der Waals surface area (Å²) in [7, 11) is -4.22. The second-order valence-corrected chi connectivity index (χ2v) is 15.5. The first-order valence-electron chi connectivity index (χ1n) is 14.2. The van der Waals surface area contributed by atoms with Gasteiger partial charge in [-0.2, -0.15) is 8.96 Å². The molecule has 1 aliphatic carbocycles. The highest BCUT2D eigenvalue weighted by molar-refractivity contribution is 7.90. The Balaban J connectivity index is 1.77. The van der Waals surface area contributed by atoms with Crippen LogP contribution in [-0.4, -0.2) is 48.1 Å². The van der Waals surface area contributed by atoms with E-state index in [0.29, 0.717) is 11.6 Å². The number of rotatable bonds is 6. The summed E-state index contributed by atoms with van der Waals surface area (Å²) < 4.78 is 45.2. The maximum Gasteiger partial charge on any atom is 0.361 e. The first-order valence-corrected chi connectivity index (χ1v) is 15.6. The number of aromatic nitrogens is 2. The third-order valence-electron chi connectivity index (χ3n) is 7.92. The molecule has 10 nitrogen and oxygen atoms in total. The van der Waals surface area contributed by atoms with Gasteiger partial charge in [0.15, 0.2) is 18.1 Å². The van der Waals surface area contributed by atoms with Crippen LogP contribution in [0.2, 0.25) is 0 Å². The fourth-order valence-electron chi connectivity index (χ4n) is 5.94. The van der Waals surface area contributed by atoms with Gasteiger partial charge in [0.05, 0.1) is 11.8 Å². The molecule has 2 atom stereocenters. The molecule has 1 aromatic carbocycles. The highest BCUT2D eigenvalue weighted by Crippen LogP contribution is 2.50. The highest BCUT2D eigenvalue weighted by Gasteiger charge is 2.49. The number of nitrogens with one attached hydrogen (secondary N) is 1. The maximum atomic E-state index is 14.0. The van der Waals surface area contributed by atoms with Gasteiger partial charge in [0.25, 0.3) is 10.0 Å². The standard InChI is InChI=1S/C30H43N3O7S/c1-17(2)39-23(34)16-38-28-32-24(26-31-21-12-10-11-13-22(21)41(36,37)33(26)28)27(35)40-25-19(29(4,5)6)14-18(3)15-20(25)30(7,8)9/h10-13,17-20,25,31H,14-16H2,1-9H3. The highest BCUT2D eigenvalue weighted by atomic mass is 32.2. The smallest absolute Gasteiger partial charge is 0.361 e. The van der Waals surface area contributed by atoms with Crippen LogP contribution in [0.1, 0.15) is 85.6 Å². The van der Waals surface area contributed by atoms with Crippen LogP contribution in [-0.2, 0) is 24.3 Å². The monoisotopic (exact) mass is 589 g/mol. The number of benzene rings is 1. The number of anilines is 2. The van der Waals surface area contributed by atoms with Crippen molar-refractivity contribution in [2.24, 2.45) is 28.6 Å². The molecule has 0 saturated heterocycles. The number of para-hydroxylation sites is 1. The summed E-state index contributed by atoms with van der Waals surface area (Å²) in [4.78, 5) is 30.4. The van der Waals surface area contributed by atoms with Crippen molar-refractivity contribution in [1.29, 1.82) is 0 Å². The van der Waals surface area contributed by atoms with Crippen molar-refractivity contribution in [3.63, 3.8) is 0 Å². The third kappa shape index (κ3) is 6.24. The number of esters is 2. The van der Waals surface area contributed by atoms with Gasteiger partial charge in [0, 0.05) is 11.8 Å². The molecule has 11 heteroatoms. The molecule has 226 valence electrons. The Morgan fingerprint density at radius 2 is 1.63 bits per heavy atom. The van der Waals surface area contributed by atoms with E-state index in [9.17, 15) is 18.0 Å². The molecular weight excluding hydrogens is 546 g/mol. The first kappa shape index (κ1) is 30.9. The van der Waals surface area contributed by atoms with E-state index in [1.54, 1.807) is 32.0 Å². The van der Waals surface area contributed by atoms with E-state index in [0.717, 1.165) is 16.8 Å². The lowest BCUT2D eigenvalue weighted by Crippen LogP contribution is -2.49. The Labute approximate surface area is 243 Å². The SMILES string of the molecule is CC1CC(C(C)(C)C)C(OC(=O)c2nc(OCC(=O)OC(C)C)n3c2Nc2ccccc2S3(=O)=O)C(C(C)(C)C)C1. The van der Waals surface area contributed by atoms with Gasteiger partial charge in [-0.1, -0.05) is 60.6 Å². The van der Waals surface area contributed by atoms with Crippen molar-refractivity contribution in [2.45, 2.75) is 92.3 Å². The number of hydrogen-bond acceptors (Lipinski definition) is 9. The second-order valence-electron chi connectivity index (χ2n) is 13.7. The van der Waals surface area contributed by atoms with E-state index >= 15 is 0 Å². The van der Waals surface area contributed by atoms with Gasteiger partial charge in [-0.3, -0.25) is 0 Å². The quantitative estimate of drug-likeness (QED) is 0.356. The predicted octanol–water partition coefficient (Wildman–Crippen LogP) is 5.79. The average Bonchev–Trinajstić information content (AvgIpc) is 3.21. The van der Waals surface area contributed by atoms with Crippen molar-refractivity contribution in [3.05, 3.63) is 30.0 Å². The minimum Gasteiger partial charge on any atom is -0.460 e. The number of ether oxygens (including phenoxy) is 3. The zero-order valence-electron chi connectivity index (χ0n) is 25.5. The summed E-state index contributed by atoms with van der Waals surface area (Å²) in [5.41, 5.74) is -0.203. The molecule has 0 bridgehead atoms. The van der Waals surface area contributed by atoms with Gasteiger partial charge in [0.2, 0.25) is 0 Å². The van der Waals surface area contributed by atoms with E-state index in [2.05, 4.69) is 58.8 Å². The van der Waals surface area contributed by atoms with Gasteiger partial charge in [0.1, 0.15) is 11.0 Å². The van der Waals surface area contributed by atoms with Crippen LogP contribution in [0, 0.1) is 28.6 Å². The number of carbonyl (C=O) groups is 2. The molecule has 0 spiro atoms. The minimum atomic E-state index is -4.22. The first-order chi connectivity index (χ1) is 18.9. The number of hydrogen-bond donors (Lipinski definition) is 1. The fraction of sp³-hybridized carbons (Fsp3) is 0.633. The van der Waals surface area contributed by atoms with E-state index in [1.165, 1.54) is 6.07 Å². The summed E-state index contributed by atoms with van der Waals surface area (Å²) in [6, 6.07) is 5.91. The van der Waals surface area contributed by atoms with Crippen LogP contribution < -0.4 is 10.1 Å². The zero-order valence-corrected chi connectivity index (χ0v) is 26.3. The van der Waals surface area contributed by atoms with E-state index in [4.69, 9.17) is 14.2 Å². The van der Waals surface area contributed by atoms with Crippen LogP contribution in [0.3, 0.4) is 0 Å². The number of imidazole rings is 1. The molecule has 1 aliphatic heterocycles. The Bertz CT molecular complexity index is 1390. The molecule has 4 rings (SSSR count). The van der Waals surface area contributed by atoms with Crippen molar-refractivity contribution < 1.29 is 32.2 Å². The van der Waals surface area contributed by atoms with Crippen LogP contribution in [0.4, 0.5) is 11.5 Å². The molecule has 41 heavy (non-hydrogen) atoms. The van der Waals surface area contributed by atoms with Crippen molar-refractivity contribution in [1.82, 2.24) is 8.96 Å². The van der Waals surface area contributed by atoms with Crippen molar-refractivity contribution in [2.75, 3.05) is 11.9 Å². The Morgan fingerprint density at radius 3 is 2.20 bits per heavy atom. The molecular formula is C30H43N3O7S. The van der Waals surface area contributed by atoms with Crippen molar-refractivity contribution in [3.8, 4) is 6.01 Å². The van der Waals surface area contributed by atoms with Gasteiger partial charge in [-0.05, 0) is 55.6 Å². The Morgan fingerprint density at radius 1 is 1.05 bits per heavy atom. The lowest BCUT2D eigenvalue weighted by molar-refractivity contribution is -0.149. The largest absolute Gasteiger partial charge is 0.460 e. The van der Waals surface area contributed by atoms with Gasteiger partial charge in [-0.15, -0.1) is 0 Å². The lowest BCUT2D eigenvalue weighted by Gasteiger charge is -2.50. The molecule has 0 amide bonds. The molecule has 2 aromatic rings. The van der Waals surface area contributed by atoms with Crippen molar-refractivity contribution >= 4 is 33.5 Å². The lowest BCUT2D eigenvalue weighted by atomic mass is 9.59. The molecule has 2 heterocycles. The third-order valence-corrected chi connectivity index (χ3v) is 9.65. The minimum absolute atomic E-state index is 0.0127. The molecule has 1 fully saturated rings. The number of carbonyl (C=O) groups excluding carboxylic acids is 2. The molecule has 2 aliphatic rings. The van der Waals surface area contributed by atoms with E-state index in [-0.39, 0.29) is 45.2 Å². The normalized spacial score (nSPS) is 23.7. The summed E-state index contributed by atoms with van der Waals surface area (Å²) in [5, 5.41) is 3.04. The molecule has 0 radical (unpaired) electrons. The average molecular weight is 590 g/mol. The Hall–Kier alpha value is -3.08. The van der Waals surface area contributed by atoms with Crippen LogP contribution in [0.5, 0.6) is 6.01 Å². The van der Waals surface area contributed by atoms with Gasteiger partial charge >= 0.3 is 17.9 Å². The fourth-order valence-corrected chi connectivity index (χ4v) is 7.46. The molecule has 1 saturated carbocycles. The van der Waals surface area contributed by atoms with E-state index < -0.39 is 40.7 Å². The molecule has 1 N–H and O–H groups in total. The summed E-state index contributed by atoms with van der Waals surface area (Å²) in [5.74, 6) is -0.912. The molecule has 2 unspecified atom stereocenters. The van der Waals surface area contributed by atoms with Crippen LogP contribution in [0.15, 0.2) is 29.2 Å². The van der Waals surface area contributed by atoms with Gasteiger partial charge < -0.3 is 19.5 Å². The van der Waals surface area contributed by atoms with Crippen LogP contribution >= 0.6 is 0 Å². The Kier molecular flexibility index (Phi) is 8.25. The molecule has 1 aromatic heterocycles. The maximum absolute atomic E-state index is 14.0. The predicted molar refractivity (Wildman–Crippen MR) is 155 cm³/mol. The zero-order chi connectivity index (χ0) is 30.5. The second kappa shape index (κ2) is 11.0. The van der Waals surface area contributed by atoms with E-state index in [1.807, 2.05) is 0 Å².